The van der Waals surface area contributed by atoms with Gasteiger partial charge in [-0.25, -0.2) is 4.79 Å². The summed E-state index contributed by atoms with van der Waals surface area (Å²) in [6, 6.07) is 10.6. The van der Waals surface area contributed by atoms with Gasteiger partial charge in [-0.2, -0.15) is 0 Å². The number of nitrogens with zero attached hydrogens (tertiary/aromatic N) is 1. The maximum absolute atomic E-state index is 12.8. The molecule has 11 heteroatoms. The van der Waals surface area contributed by atoms with E-state index >= 15 is 0 Å². The third-order valence-corrected chi connectivity index (χ3v) is 8.80. The van der Waals surface area contributed by atoms with Gasteiger partial charge in [0.25, 0.3) is 11.8 Å². The Morgan fingerprint density at radius 1 is 1.18 bits per heavy atom. The maximum atomic E-state index is 12.8. The molecule has 1 N–H and O–H groups in total. The van der Waals surface area contributed by atoms with Crippen LogP contribution in [0.1, 0.15) is 51.9 Å². The van der Waals surface area contributed by atoms with Crippen molar-refractivity contribution >= 4 is 68.5 Å². The first-order valence-electron chi connectivity index (χ1n) is 12.5. The van der Waals surface area contributed by atoms with Crippen LogP contribution >= 0.6 is 35.3 Å². The van der Waals surface area contributed by atoms with Gasteiger partial charge in [-0.05, 0) is 74.1 Å². The van der Waals surface area contributed by atoms with Crippen LogP contribution in [-0.4, -0.2) is 40.2 Å². The van der Waals surface area contributed by atoms with Gasteiger partial charge in [0.2, 0.25) is 0 Å². The highest BCUT2D eigenvalue weighted by atomic mass is 32.2. The summed E-state index contributed by atoms with van der Waals surface area (Å²) < 4.78 is 16.7. The van der Waals surface area contributed by atoms with Gasteiger partial charge in [-0.3, -0.25) is 14.5 Å². The zero-order valence-corrected chi connectivity index (χ0v) is 23.6. The summed E-state index contributed by atoms with van der Waals surface area (Å²) >= 11 is 8.06. The number of esters is 1. The largest absolute Gasteiger partial charge is 0.484 e. The number of benzene rings is 1. The van der Waals surface area contributed by atoms with Gasteiger partial charge in [-0.15, -0.1) is 11.3 Å². The Labute approximate surface area is 239 Å². The van der Waals surface area contributed by atoms with Crippen molar-refractivity contribution in [2.45, 2.75) is 39.2 Å². The smallest absolute Gasteiger partial charge is 0.341 e. The number of furan rings is 1. The van der Waals surface area contributed by atoms with Crippen molar-refractivity contribution in [3.63, 3.8) is 0 Å². The topological polar surface area (TPSA) is 98.1 Å². The summed E-state index contributed by atoms with van der Waals surface area (Å²) in [5.74, 6) is 0.235. The van der Waals surface area contributed by atoms with Crippen molar-refractivity contribution < 1.29 is 28.3 Å². The zero-order valence-electron chi connectivity index (χ0n) is 21.2. The normalized spacial score (nSPS) is 15.9. The number of hydrogen-bond donors (Lipinski definition) is 1. The molecule has 0 saturated carbocycles. The van der Waals surface area contributed by atoms with Crippen LogP contribution in [0.5, 0.6) is 5.75 Å². The molecule has 2 amide bonds. The van der Waals surface area contributed by atoms with Crippen molar-refractivity contribution in [2.75, 3.05) is 18.5 Å². The number of hydrogen-bond acceptors (Lipinski definition) is 9. The number of nitrogens with one attached hydrogen (secondary N) is 1. The monoisotopic (exact) mass is 582 g/mol. The minimum atomic E-state index is -0.401. The molecule has 1 aliphatic heterocycles. The molecular weight excluding hydrogens is 557 g/mol. The van der Waals surface area contributed by atoms with Crippen molar-refractivity contribution in [3.05, 3.63) is 74.9 Å². The minimum absolute atomic E-state index is 0.171. The number of rotatable bonds is 9. The number of amides is 2. The van der Waals surface area contributed by atoms with E-state index in [4.69, 9.17) is 26.1 Å². The summed E-state index contributed by atoms with van der Waals surface area (Å²) in [4.78, 5) is 41.3. The highest BCUT2D eigenvalue weighted by molar-refractivity contribution is 8.26. The van der Waals surface area contributed by atoms with E-state index in [2.05, 4.69) is 5.32 Å². The predicted molar refractivity (Wildman–Crippen MR) is 155 cm³/mol. The fraction of sp³-hybridized carbons (Fsp3) is 0.286. The molecule has 0 unspecified atom stereocenters. The molecule has 1 saturated heterocycles. The molecule has 1 aromatic carbocycles. The number of thiocarbonyl (C=S) groups is 1. The van der Waals surface area contributed by atoms with E-state index in [9.17, 15) is 14.4 Å². The first kappa shape index (κ1) is 27.2. The predicted octanol–water partition coefficient (Wildman–Crippen LogP) is 5.82. The molecule has 8 nitrogen and oxygen atoms in total. The van der Waals surface area contributed by atoms with Gasteiger partial charge in [0.15, 0.2) is 6.61 Å². The highest BCUT2D eigenvalue weighted by Crippen LogP contribution is 2.38. The van der Waals surface area contributed by atoms with Crippen LogP contribution in [0, 0.1) is 0 Å². The highest BCUT2D eigenvalue weighted by Gasteiger charge is 2.32. The molecule has 0 atom stereocenters. The van der Waals surface area contributed by atoms with Gasteiger partial charge < -0.3 is 19.2 Å². The Kier molecular flexibility index (Phi) is 8.49. The first-order valence-corrected chi connectivity index (χ1v) is 14.6. The number of ether oxygens (including phenoxy) is 2. The standard InChI is InChI=1S/C28H26N2O6S3/c1-2-34-27(33)24-20-7-3-4-8-21(20)38-25(24)29-23(31)16-36-18-11-9-17(10-12-18)14-22-26(32)30(28(37)39-22)15-19-6-5-13-35-19/h5-6,9-14H,2-4,7-8,15-16H2,1H3,(H,29,31)/b22-14-. The van der Waals surface area contributed by atoms with Crippen LogP contribution < -0.4 is 10.1 Å². The lowest BCUT2D eigenvalue weighted by atomic mass is 9.95. The maximum Gasteiger partial charge on any atom is 0.341 e. The summed E-state index contributed by atoms with van der Waals surface area (Å²) in [6.07, 6.45) is 7.13. The molecule has 0 radical (unpaired) electrons. The van der Waals surface area contributed by atoms with E-state index in [1.54, 1.807) is 55.7 Å². The van der Waals surface area contributed by atoms with Crippen molar-refractivity contribution in [2.24, 2.45) is 0 Å². The third-order valence-electron chi connectivity index (χ3n) is 6.22. The second kappa shape index (κ2) is 12.2. The van der Waals surface area contributed by atoms with Crippen molar-refractivity contribution in [1.29, 1.82) is 0 Å². The number of anilines is 1. The molecule has 3 heterocycles. The van der Waals surface area contributed by atoms with Gasteiger partial charge in [-0.1, -0.05) is 36.1 Å². The molecule has 2 aliphatic rings. The Morgan fingerprint density at radius 2 is 1.97 bits per heavy atom. The van der Waals surface area contributed by atoms with Crippen LogP contribution in [-0.2, 0) is 33.7 Å². The Bertz CT molecular complexity index is 1430. The van der Waals surface area contributed by atoms with Crippen LogP contribution in [0.15, 0.2) is 52.0 Å². The molecule has 1 fully saturated rings. The van der Waals surface area contributed by atoms with Gasteiger partial charge in [0.1, 0.15) is 20.8 Å². The zero-order chi connectivity index (χ0) is 27.4. The fourth-order valence-corrected chi connectivity index (χ4v) is 6.94. The van der Waals surface area contributed by atoms with E-state index in [0.717, 1.165) is 41.7 Å². The molecular formula is C28H26N2O6S3. The van der Waals surface area contributed by atoms with E-state index in [-0.39, 0.29) is 25.0 Å². The number of fused-ring (bicyclic) bond motifs is 1. The SMILES string of the molecule is CCOC(=O)c1c(NC(=O)COc2ccc(/C=C3\SC(=S)N(Cc4ccco4)C3=O)cc2)sc2c1CCCC2. The van der Waals surface area contributed by atoms with Gasteiger partial charge in [0, 0.05) is 4.88 Å². The van der Waals surface area contributed by atoms with Crippen LogP contribution in [0.25, 0.3) is 6.08 Å². The van der Waals surface area contributed by atoms with Gasteiger partial charge >= 0.3 is 5.97 Å². The summed E-state index contributed by atoms with van der Waals surface area (Å²) in [7, 11) is 0. The number of aryl methyl sites for hydroxylation is 1. The first-order chi connectivity index (χ1) is 18.9. The molecule has 2 aromatic heterocycles. The third kappa shape index (κ3) is 6.26. The summed E-state index contributed by atoms with van der Waals surface area (Å²) in [6.45, 7) is 2.12. The number of thioether (sulfide) groups is 1. The number of carbonyl (C=O) groups is 3. The summed E-state index contributed by atoms with van der Waals surface area (Å²) in [5, 5.41) is 3.37. The number of carbonyl (C=O) groups excluding carboxylic acids is 3. The fourth-order valence-electron chi connectivity index (χ4n) is 4.39. The van der Waals surface area contributed by atoms with E-state index in [1.807, 2.05) is 0 Å². The lowest BCUT2D eigenvalue weighted by Crippen LogP contribution is -2.27. The lowest BCUT2D eigenvalue weighted by Gasteiger charge is -2.12. The molecule has 1 aliphatic carbocycles. The van der Waals surface area contributed by atoms with Crippen molar-refractivity contribution in [3.8, 4) is 5.75 Å². The lowest BCUT2D eigenvalue weighted by molar-refractivity contribution is -0.122. The van der Waals surface area contributed by atoms with Crippen LogP contribution in [0.4, 0.5) is 5.00 Å². The van der Waals surface area contributed by atoms with E-state index in [1.165, 1.54) is 28.0 Å². The average molecular weight is 583 g/mol. The van der Waals surface area contributed by atoms with Gasteiger partial charge in [0.05, 0.1) is 29.9 Å². The molecule has 5 rings (SSSR count). The Balaban J connectivity index is 1.19. The molecule has 0 spiro atoms. The average Bonchev–Trinajstić information content (AvgIpc) is 3.63. The van der Waals surface area contributed by atoms with Crippen LogP contribution in [0.2, 0.25) is 0 Å². The van der Waals surface area contributed by atoms with E-state index < -0.39 is 5.97 Å². The Hall–Kier alpha value is -3.41. The molecule has 39 heavy (non-hydrogen) atoms. The molecule has 0 bridgehead atoms. The van der Waals surface area contributed by atoms with Crippen molar-refractivity contribution in [1.82, 2.24) is 4.90 Å². The molecule has 3 aromatic rings. The minimum Gasteiger partial charge on any atom is -0.484 e. The Morgan fingerprint density at radius 3 is 2.72 bits per heavy atom. The number of thiophene rings is 1. The second-order valence-electron chi connectivity index (χ2n) is 8.89. The van der Waals surface area contributed by atoms with Crippen LogP contribution in [0.3, 0.4) is 0 Å². The van der Waals surface area contributed by atoms with E-state index in [0.29, 0.717) is 37.8 Å². The second-order valence-corrected chi connectivity index (χ2v) is 11.7. The quantitative estimate of drug-likeness (QED) is 0.192. The molecule has 202 valence electrons. The summed E-state index contributed by atoms with van der Waals surface area (Å²) in [5.41, 5.74) is 2.27.